The Bertz CT molecular complexity index is 403. The Labute approximate surface area is 100 Å². The molecule has 0 fully saturated rings. The molecule has 0 spiro atoms. The summed E-state index contributed by atoms with van der Waals surface area (Å²) < 4.78 is 24.1. The lowest BCUT2D eigenvalue weighted by Crippen LogP contribution is -2.31. The Morgan fingerprint density at radius 2 is 2.12 bits per heavy atom. The molecule has 8 heteroatoms. The van der Waals surface area contributed by atoms with Gasteiger partial charge in [-0.1, -0.05) is 23.2 Å². The summed E-state index contributed by atoms with van der Waals surface area (Å²) in [5.74, 6) is -0.679. The van der Waals surface area contributed by atoms with Crippen LogP contribution >= 0.6 is 23.2 Å². The molecule has 0 aliphatic rings. The molecule has 88 valence electrons. The van der Waals surface area contributed by atoms with E-state index in [-0.39, 0.29) is 15.9 Å². The van der Waals surface area contributed by atoms with Gasteiger partial charge in [0.2, 0.25) is 0 Å². The molecule has 0 N–H and O–H groups in total. The molecule has 0 aliphatic carbocycles. The number of hydrogen-bond acceptors (Lipinski definition) is 3. The number of carbonyl (C=O) groups excluding carboxylic acids is 1. The SMILES string of the molecule is CN(CC(F)F)C(=O)c1cc(Cl)nnc1Cl. The summed E-state index contributed by atoms with van der Waals surface area (Å²) in [5.41, 5.74) is -0.0511. The van der Waals surface area contributed by atoms with Crippen LogP contribution in [0.15, 0.2) is 6.07 Å². The third-order valence-electron chi connectivity index (χ3n) is 1.71. The van der Waals surface area contributed by atoms with Crippen molar-refractivity contribution in [2.75, 3.05) is 13.6 Å². The smallest absolute Gasteiger partial charge is 0.257 e. The minimum atomic E-state index is -2.61. The van der Waals surface area contributed by atoms with E-state index in [1.807, 2.05) is 0 Å². The maximum Gasteiger partial charge on any atom is 0.257 e. The Kier molecular flexibility index (Phi) is 4.37. The van der Waals surface area contributed by atoms with Gasteiger partial charge in [0.25, 0.3) is 12.3 Å². The summed E-state index contributed by atoms with van der Waals surface area (Å²) in [6.45, 7) is -0.685. The quantitative estimate of drug-likeness (QED) is 0.845. The standard InChI is InChI=1S/C8H7Cl2F2N3O/c1-15(3-6(11)12)8(16)4-2-5(9)13-14-7(4)10/h2,6H,3H2,1H3. The third kappa shape index (κ3) is 3.24. The van der Waals surface area contributed by atoms with Crippen molar-refractivity contribution in [1.82, 2.24) is 15.1 Å². The zero-order valence-corrected chi connectivity index (χ0v) is 9.64. The van der Waals surface area contributed by atoms with Crippen LogP contribution < -0.4 is 0 Å². The van der Waals surface area contributed by atoms with Crippen LogP contribution in [-0.2, 0) is 0 Å². The lowest BCUT2D eigenvalue weighted by molar-refractivity contribution is 0.0620. The van der Waals surface area contributed by atoms with E-state index < -0.39 is 18.9 Å². The highest BCUT2D eigenvalue weighted by atomic mass is 35.5. The zero-order chi connectivity index (χ0) is 12.3. The molecule has 0 unspecified atom stereocenters. The van der Waals surface area contributed by atoms with Gasteiger partial charge in [0, 0.05) is 7.05 Å². The Morgan fingerprint density at radius 1 is 1.50 bits per heavy atom. The van der Waals surface area contributed by atoms with Gasteiger partial charge in [0.15, 0.2) is 10.3 Å². The number of nitrogens with zero attached hydrogens (tertiary/aromatic N) is 3. The lowest BCUT2D eigenvalue weighted by Gasteiger charge is -2.16. The van der Waals surface area contributed by atoms with E-state index >= 15 is 0 Å². The van der Waals surface area contributed by atoms with Crippen molar-refractivity contribution in [1.29, 1.82) is 0 Å². The van der Waals surface area contributed by atoms with Crippen molar-refractivity contribution in [3.8, 4) is 0 Å². The molecule has 1 aromatic rings. The van der Waals surface area contributed by atoms with E-state index in [1.165, 1.54) is 13.1 Å². The first-order chi connectivity index (χ1) is 7.41. The lowest BCUT2D eigenvalue weighted by atomic mass is 10.3. The third-order valence-corrected chi connectivity index (χ3v) is 2.17. The number of aromatic nitrogens is 2. The first-order valence-electron chi connectivity index (χ1n) is 4.14. The molecular weight excluding hydrogens is 263 g/mol. The van der Waals surface area contributed by atoms with Crippen LogP contribution in [0.2, 0.25) is 10.3 Å². The van der Waals surface area contributed by atoms with Gasteiger partial charge in [-0.25, -0.2) is 8.78 Å². The molecule has 16 heavy (non-hydrogen) atoms. The highest BCUT2D eigenvalue weighted by molar-refractivity contribution is 6.34. The van der Waals surface area contributed by atoms with Crippen molar-refractivity contribution < 1.29 is 13.6 Å². The highest BCUT2D eigenvalue weighted by Crippen LogP contribution is 2.17. The minimum absolute atomic E-state index is 0.0294. The van der Waals surface area contributed by atoms with Gasteiger partial charge in [0.05, 0.1) is 12.1 Å². The Balaban J connectivity index is 2.91. The van der Waals surface area contributed by atoms with Crippen LogP contribution in [0.1, 0.15) is 10.4 Å². The molecule has 0 saturated carbocycles. The maximum atomic E-state index is 12.1. The fourth-order valence-electron chi connectivity index (χ4n) is 0.999. The zero-order valence-electron chi connectivity index (χ0n) is 8.12. The number of halogens is 4. The van der Waals surface area contributed by atoms with Gasteiger partial charge >= 0.3 is 0 Å². The van der Waals surface area contributed by atoms with Crippen LogP contribution in [-0.4, -0.2) is 41.0 Å². The van der Waals surface area contributed by atoms with Gasteiger partial charge in [-0.05, 0) is 6.07 Å². The number of amides is 1. The monoisotopic (exact) mass is 269 g/mol. The molecular formula is C8H7Cl2F2N3O. The largest absolute Gasteiger partial charge is 0.336 e. The summed E-state index contributed by atoms with van der Waals surface area (Å²) in [7, 11) is 1.24. The molecule has 0 aromatic carbocycles. The van der Waals surface area contributed by atoms with E-state index in [0.717, 1.165) is 4.90 Å². The number of alkyl halides is 2. The fourth-order valence-corrected chi connectivity index (χ4v) is 1.32. The molecule has 1 amide bonds. The Morgan fingerprint density at radius 3 is 2.69 bits per heavy atom. The molecule has 1 heterocycles. The highest BCUT2D eigenvalue weighted by Gasteiger charge is 2.19. The average molecular weight is 270 g/mol. The normalized spacial score (nSPS) is 10.6. The van der Waals surface area contributed by atoms with E-state index in [1.54, 1.807) is 0 Å². The maximum absolute atomic E-state index is 12.1. The van der Waals surface area contributed by atoms with Crippen molar-refractivity contribution in [2.45, 2.75) is 6.43 Å². The van der Waals surface area contributed by atoms with Gasteiger partial charge in [-0.2, -0.15) is 0 Å². The molecule has 0 saturated heterocycles. The van der Waals surface area contributed by atoms with E-state index in [0.29, 0.717) is 0 Å². The first-order valence-corrected chi connectivity index (χ1v) is 4.89. The van der Waals surface area contributed by atoms with Gasteiger partial charge in [-0.3, -0.25) is 4.79 Å². The topological polar surface area (TPSA) is 46.1 Å². The second kappa shape index (κ2) is 5.36. The van der Waals surface area contributed by atoms with Crippen LogP contribution in [0, 0.1) is 0 Å². The van der Waals surface area contributed by atoms with E-state index in [4.69, 9.17) is 23.2 Å². The minimum Gasteiger partial charge on any atom is -0.336 e. The second-order valence-electron chi connectivity index (χ2n) is 2.95. The Hall–Kier alpha value is -1.01. The number of carbonyl (C=O) groups is 1. The molecule has 0 bridgehead atoms. The predicted molar refractivity (Wildman–Crippen MR) is 55.0 cm³/mol. The molecule has 1 rings (SSSR count). The van der Waals surface area contributed by atoms with Crippen molar-refractivity contribution in [2.24, 2.45) is 0 Å². The summed E-state index contributed by atoms with van der Waals surface area (Å²) in [5, 5.41) is 6.62. The molecule has 4 nitrogen and oxygen atoms in total. The van der Waals surface area contributed by atoms with Crippen molar-refractivity contribution in [3.63, 3.8) is 0 Å². The van der Waals surface area contributed by atoms with Gasteiger partial charge < -0.3 is 4.90 Å². The summed E-state index contributed by atoms with van der Waals surface area (Å²) in [6.07, 6.45) is -2.61. The molecule has 1 aromatic heterocycles. The fraction of sp³-hybridized carbons (Fsp3) is 0.375. The van der Waals surface area contributed by atoms with Crippen LogP contribution in [0.3, 0.4) is 0 Å². The van der Waals surface area contributed by atoms with Crippen LogP contribution in [0.5, 0.6) is 0 Å². The van der Waals surface area contributed by atoms with Gasteiger partial charge in [-0.15, -0.1) is 10.2 Å². The van der Waals surface area contributed by atoms with Crippen LogP contribution in [0.4, 0.5) is 8.78 Å². The summed E-state index contributed by atoms with van der Waals surface area (Å²) in [6, 6.07) is 1.18. The second-order valence-corrected chi connectivity index (χ2v) is 3.69. The van der Waals surface area contributed by atoms with E-state index in [9.17, 15) is 13.6 Å². The van der Waals surface area contributed by atoms with Crippen LogP contribution in [0.25, 0.3) is 0 Å². The summed E-state index contributed by atoms with van der Waals surface area (Å²) >= 11 is 11.1. The molecule has 0 aliphatic heterocycles. The molecule has 0 radical (unpaired) electrons. The van der Waals surface area contributed by atoms with E-state index in [2.05, 4.69) is 10.2 Å². The first kappa shape index (κ1) is 13.1. The molecule has 0 atom stereocenters. The average Bonchev–Trinajstić information content (AvgIpc) is 2.19. The van der Waals surface area contributed by atoms with Crippen molar-refractivity contribution in [3.05, 3.63) is 21.9 Å². The number of rotatable bonds is 3. The summed E-state index contributed by atoms with van der Waals surface area (Å²) in [4.78, 5) is 12.5. The van der Waals surface area contributed by atoms with Gasteiger partial charge in [0.1, 0.15) is 0 Å². The van der Waals surface area contributed by atoms with Crippen molar-refractivity contribution >= 4 is 29.1 Å². The number of hydrogen-bond donors (Lipinski definition) is 0. The predicted octanol–water partition coefficient (Wildman–Crippen LogP) is 2.12.